The molecule has 7 heteroatoms. The summed E-state index contributed by atoms with van der Waals surface area (Å²) < 4.78 is 0. The molecule has 86 valence electrons. The van der Waals surface area contributed by atoms with Crippen LogP contribution in [0.1, 0.15) is 5.56 Å². The maximum Gasteiger partial charge on any atom is 0.326 e. The molecular formula is C10H7N3O4. The number of para-hydroxylation sites is 1. The van der Waals surface area contributed by atoms with Crippen LogP contribution >= 0.6 is 0 Å². The van der Waals surface area contributed by atoms with Gasteiger partial charge in [0.1, 0.15) is 5.70 Å². The van der Waals surface area contributed by atoms with Gasteiger partial charge in [0.25, 0.3) is 11.6 Å². The van der Waals surface area contributed by atoms with Crippen LogP contribution in [0.4, 0.5) is 10.5 Å². The van der Waals surface area contributed by atoms with Crippen LogP contribution in [0.3, 0.4) is 0 Å². The number of carbonyl (C=O) groups is 2. The molecule has 1 saturated heterocycles. The highest BCUT2D eigenvalue weighted by Gasteiger charge is 2.24. The summed E-state index contributed by atoms with van der Waals surface area (Å²) in [6, 6.07) is 5.30. The van der Waals surface area contributed by atoms with Crippen molar-refractivity contribution in [3.63, 3.8) is 0 Å². The molecule has 0 aliphatic carbocycles. The smallest absolute Gasteiger partial charge is 0.303 e. The third kappa shape index (κ3) is 2.12. The standard InChI is InChI=1S/C10H7N3O4/c14-9-7(11-10(15)12-9)5-6-3-1-2-4-8(6)13(16)17/h1-5H,(H2,11,12,14,15). The van der Waals surface area contributed by atoms with Crippen molar-refractivity contribution >= 4 is 23.7 Å². The van der Waals surface area contributed by atoms with E-state index in [0.717, 1.165) is 0 Å². The van der Waals surface area contributed by atoms with Gasteiger partial charge in [0, 0.05) is 6.07 Å². The third-order valence-electron chi connectivity index (χ3n) is 2.15. The van der Waals surface area contributed by atoms with Crippen molar-refractivity contribution in [2.75, 3.05) is 0 Å². The maximum atomic E-state index is 11.2. The van der Waals surface area contributed by atoms with Gasteiger partial charge in [-0.1, -0.05) is 12.1 Å². The Morgan fingerprint density at radius 2 is 1.88 bits per heavy atom. The molecule has 17 heavy (non-hydrogen) atoms. The first-order valence-electron chi connectivity index (χ1n) is 4.65. The molecule has 1 aromatic carbocycles. The van der Waals surface area contributed by atoms with Gasteiger partial charge in [-0.3, -0.25) is 20.2 Å². The van der Waals surface area contributed by atoms with Crippen molar-refractivity contribution in [2.45, 2.75) is 0 Å². The topological polar surface area (TPSA) is 101 Å². The zero-order valence-electron chi connectivity index (χ0n) is 8.47. The fourth-order valence-corrected chi connectivity index (χ4v) is 1.41. The molecule has 0 aromatic heterocycles. The lowest BCUT2D eigenvalue weighted by Crippen LogP contribution is -2.22. The number of hydrogen-bond donors (Lipinski definition) is 2. The van der Waals surface area contributed by atoms with Crippen LogP contribution in [0.2, 0.25) is 0 Å². The largest absolute Gasteiger partial charge is 0.326 e. The van der Waals surface area contributed by atoms with Crippen molar-refractivity contribution in [2.24, 2.45) is 0 Å². The highest BCUT2D eigenvalue weighted by Crippen LogP contribution is 2.20. The summed E-state index contributed by atoms with van der Waals surface area (Å²) in [6.07, 6.45) is 1.26. The van der Waals surface area contributed by atoms with E-state index < -0.39 is 16.9 Å². The number of imide groups is 1. The number of nitrogens with zero attached hydrogens (tertiary/aromatic N) is 1. The summed E-state index contributed by atoms with van der Waals surface area (Å²) in [5.41, 5.74) is 0.114. The summed E-state index contributed by atoms with van der Waals surface area (Å²) in [7, 11) is 0. The number of benzene rings is 1. The molecule has 7 nitrogen and oxygen atoms in total. The average molecular weight is 233 g/mol. The third-order valence-corrected chi connectivity index (χ3v) is 2.15. The molecule has 0 spiro atoms. The van der Waals surface area contributed by atoms with E-state index in [0.29, 0.717) is 0 Å². The van der Waals surface area contributed by atoms with Crippen LogP contribution < -0.4 is 10.6 Å². The van der Waals surface area contributed by atoms with Gasteiger partial charge in [-0.05, 0) is 12.1 Å². The molecule has 1 fully saturated rings. The normalized spacial score (nSPS) is 16.8. The number of nitro benzene ring substituents is 1. The fourth-order valence-electron chi connectivity index (χ4n) is 1.41. The maximum absolute atomic E-state index is 11.2. The van der Waals surface area contributed by atoms with Crippen LogP contribution in [-0.4, -0.2) is 16.9 Å². The van der Waals surface area contributed by atoms with Crippen molar-refractivity contribution in [1.29, 1.82) is 0 Å². The summed E-state index contributed by atoms with van der Waals surface area (Å²) in [6.45, 7) is 0. The molecule has 3 amide bonds. The van der Waals surface area contributed by atoms with Gasteiger partial charge < -0.3 is 5.32 Å². The Morgan fingerprint density at radius 1 is 1.18 bits per heavy atom. The summed E-state index contributed by atoms with van der Waals surface area (Å²) >= 11 is 0. The zero-order valence-corrected chi connectivity index (χ0v) is 8.47. The Bertz CT molecular complexity index is 550. The van der Waals surface area contributed by atoms with Crippen LogP contribution in [0.15, 0.2) is 30.0 Å². The molecule has 0 radical (unpaired) electrons. The van der Waals surface area contributed by atoms with Gasteiger partial charge in [0.2, 0.25) is 0 Å². The Morgan fingerprint density at radius 3 is 2.47 bits per heavy atom. The number of amides is 3. The van der Waals surface area contributed by atoms with Crippen LogP contribution in [-0.2, 0) is 4.79 Å². The predicted octanol–water partition coefficient (Wildman–Crippen LogP) is 0.775. The zero-order chi connectivity index (χ0) is 12.4. The van der Waals surface area contributed by atoms with E-state index in [4.69, 9.17) is 0 Å². The summed E-state index contributed by atoms with van der Waals surface area (Å²) in [5, 5.41) is 15.0. The van der Waals surface area contributed by atoms with Gasteiger partial charge in [-0.25, -0.2) is 4.79 Å². The second-order valence-electron chi connectivity index (χ2n) is 3.28. The van der Waals surface area contributed by atoms with Crippen LogP contribution in [0, 0.1) is 10.1 Å². The molecule has 1 aromatic rings. The number of rotatable bonds is 2. The van der Waals surface area contributed by atoms with Crippen molar-refractivity contribution in [1.82, 2.24) is 10.6 Å². The minimum absolute atomic E-state index is 0.00991. The van der Waals surface area contributed by atoms with E-state index in [-0.39, 0.29) is 16.9 Å². The van der Waals surface area contributed by atoms with Crippen molar-refractivity contribution in [3.8, 4) is 0 Å². The number of nitrogens with one attached hydrogen (secondary N) is 2. The van der Waals surface area contributed by atoms with Gasteiger partial charge >= 0.3 is 6.03 Å². The molecule has 0 saturated carbocycles. The number of hydrogen-bond acceptors (Lipinski definition) is 4. The molecule has 0 bridgehead atoms. The van der Waals surface area contributed by atoms with Crippen molar-refractivity contribution < 1.29 is 14.5 Å². The van der Waals surface area contributed by atoms with E-state index >= 15 is 0 Å². The lowest BCUT2D eigenvalue weighted by Gasteiger charge is -1.97. The van der Waals surface area contributed by atoms with E-state index in [1.165, 1.54) is 24.3 Å². The number of carbonyl (C=O) groups excluding carboxylic acids is 2. The van der Waals surface area contributed by atoms with Crippen LogP contribution in [0.25, 0.3) is 6.08 Å². The highest BCUT2D eigenvalue weighted by atomic mass is 16.6. The average Bonchev–Trinajstić information content (AvgIpc) is 2.58. The van der Waals surface area contributed by atoms with Gasteiger partial charge in [-0.2, -0.15) is 0 Å². The number of urea groups is 1. The molecule has 0 unspecified atom stereocenters. The van der Waals surface area contributed by atoms with Gasteiger partial charge in [0.05, 0.1) is 10.5 Å². The minimum atomic E-state index is -0.639. The molecule has 2 rings (SSSR count). The first kappa shape index (κ1) is 10.8. The Balaban J connectivity index is 2.42. The highest BCUT2D eigenvalue weighted by molar-refractivity contribution is 6.14. The predicted molar refractivity (Wildman–Crippen MR) is 57.7 cm³/mol. The van der Waals surface area contributed by atoms with E-state index in [1.54, 1.807) is 6.07 Å². The summed E-state index contributed by atoms with van der Waals surface area (Å²) in [5.74, 6) is -0.604. The van der Waals surface area contributed by atoms with Gasteiger partial charge in [0.15, 0.2) is 0 Å². The molecule has 0 atom stereocenters. The first-order chi connectivity index (χ1) is 8.08. The molecule has 1 aliphatic heterocycles. The lowest BCUT2D eigenvalue weighted by atomic mass is 10.1. The van der Waals surface area contributed by atoms with Crippen molar-refractivity contribution in [3.05, 3.63) is 45.6 Å². The van der Waals surface area contributed by atoms with Crippen LogP contribution in [0.5, 0.6) is 0 Å². The number of nitro groups is 1. The molecule has 1 heterocycles. The van der Waals surface area contributed by atoms with E-state index in [9.17, 15) is 19.7 Å². The van der Waals surface area contributed by atoms with E-state index in [2.05, 4.69) is 5.32 Å². The molecular weight excluding hydrogens is 226 g/mol. The second-order valence-corrected chi connectivity index (χ2v) is 3.28. The fraction of sp³-hybridized carbons (Fsp3) is 0. The summed E-state index contributed by atoms with van der Waals surface area (Å²) in [4.78, 5) is 32.3. The quantitative estimate of drug-likeness (QED) is 0.341. The molecule has 2 N–H and O–H groups in total. The Hall–Kier alpha value is -2.70. The first-order valence-corrected chi connectivity index (χ1v) is 4.65. The second kappa shape index (κ2) is 4.05. The molecule has 1 aliphatic rings. The SMILES string of the molecule is O=C1NC(=O)C(=Cc2ccccc2[N+](=O)[O-])N1. The Kier molecular flexibility index (Phi) is 2.57. The lowest BCUT2D eigenvalue weighted by molar-refractivity contribution is -0.385. The monoisotopic (exact) mass is 233 g/mol. The minimum Gasteiger partial charge on any atom is -0.303 e. The Labute approximate surface area is 95.3 Å². The van der Waals surface area contributed by atoms with E-state index in [1.807, 2.05) is 5.32 Å². The van der Waals surface area contributed by atoms with Gasteiger partial charge in [-0.15, -0.1) is 0 Å².